The summed E-state index contributed by atoms with van der Waals surface area (Å²) in [6, 6.07) is 4.16. The molecular formula is C18H22ClN5O2. The van der Waals surface area contributed by atoms with Crippen LogP contribution in [0.25, 0.3) is 0 Å². The first-order valence-corrected chi connectivity index (χ1v) is 9.40. The number of pyridine rings is 1. The van der Waals surface area contributed by atoms with E-state index in [4.69, 9.17) is 16.3 Å². The third-order valence-electron chi connectivity index (χ3n) is 5.12. The summed E-state index contributed by atoms with van der Waals surface area (Å²) in [7, 11) is 0. The quantitative estimate of drug-likeness (QED) is 0.849. The number of piperidine rings is 1. The van der Waals surface area contributed by atoms with Gasteiger partial charge in [-0.2, -0.15) is 5.10 Å². The lowest BCUT2D eigenvalue weighted by atomic mass is 9.91. The molecule has 4 rings (SSSR count). The van der Waals surface area contributed by atoms with Gasteiger partial charge in [-0.1, -0.05) is 11.6 Å². The van der Waals surface area contributed by atoms with Crippen molar-refractivity contribution in [3.8, 4) is 5.88 Å². The van der Waals surface area contributed by atoms with Gasteiger partial charge in [-0.15, -0.1) is 0 Å². The zero-order valence-electron chi connectivity index (χ0n) is 14.4. The van der Waals surface area contributed by atoms with E-state index in [1.54, 1.807) is 6.20 Å². The van der Waals surface area contributed by atoms with Crippen molar-refractivity contribution in [3.05, 3.63) is 45.5 Å². The maximum Gasteiger partial charge on any atom is 0.285 e. The van der Waals surface area contributed by atoms with Gasteiger partial charge in [0.1, 0.15) is 11.1 Å². The van der Waals surface area contributed by atoms with E-state index in [0.717, 1.165) is 38.9 Å². The molecule has 2 aliphatic heterocycles. The molecule has 0 aromatic carbocycles. The van der Waals surface area contributed by atoms with Gasteiger partial charge >= 0.3 is 0 Å². The van der Waals surface area contributed by atoms with Crippen molar-refractivity contribution in [2.45, 2.75) is 31.3 Å². The third kappa shape index (κ3) is 3.68. The fraction of sp³-hybridized carbons (Fsp3) is 0.500. The minimum absolute atomic E-state index is 0.0149. The van der Waals surface area contributed by atoms with Crippen LogP contribution in [0, 0.1) is 0 Å². The van der Waals surface area contributed by atoms with Crippen LogP contribution >= 0.6 is 11.6 Å². The molecule has 0 bridgehead atoms. The number of nitrogens with zero attached hydrogens (tertiary/aromatic N) is 3. The van der Waals surface area contributed by atoms with Gasteiger partial charge in [0.15, 0.2) is 0 Å². The standard InChI is InChI=1S/C18H22ClN5O2/c19-17-15(10-22-23-18(17)25)24-8-4-14(11-24)26-16-9-13(3-7-21-16)12-1-5-20-6-2-12/h3,7,9-10,12,14,20H,1-2,4-6,8,11H2,(H,23,25)/t14-/m1/s1. The first kappa shape index (κ1) is 17.3. The maximum atomic E-state index is 11.6. The molecule has 1 atom stereocenters. The van der Waals surface area contributed by atoms with Crippen LogP contribution in [0.1, 0.15) is 30.7 Å². The Kier molecular flexibility index (Phi) is 5.08. The number of anilines is 1. The van der Waals surface area contributed by atoms with Gasteiger partial charge in [-0.05, 0) is 43.5 Å². The van der Waals surface area contributed by atoms with Crippen molar-refractivity contribution in [3.63, 3.8) is 0 Å². The minimum Gasteiger partial charge on any atom is -0.472 e. The van der Waals surface area contributed by atoms with Crippen LogP contribution in [0.5, 0.6) is 5.88 Å². The largest absolute Gasteiger partial charge is 0.472 e. The lowest BCUT2D eigenvalue weighted by Crippen LogP contribution is -2.27. The van der Waals surface area contributed by atoms with E-state index < -0.39 is 0 Å². The second-order valence-electron chi connectivity index (χ2n) is 6.82. The van der Waals surface area contributed by atoms with Gasteiger partial charge in [0.25, 0.3) is 5.56 Å². The van der Waals surface area contributed by atoms with E-state index >= 15 is 0 Å². The first-order chi connectivity index (χ1) is 12.7. The molecule has 8 heteroatoms. The number of H-pyrrole nitrogens is 1. The Morgan fingerprint density at radius 2 is 2.12 bits per heavy atom. The van der Waals surface area contributed by atoms with Crippen molar-refractivity contribution < 1.29 is 4.74 Å². The number of aromatic amines is 1. The monoisotopic (exact) mass is 375 g/mol. The summed E-state index contributed by atoms with van der Waals surface area (Å²) in [6.45, 7) is 3.55. The van der Waals surface area contributed by atoms with Crippen LogP contribution in [0.2, 0.25) is 5.02 Å². The fourth-order valence-electron chi connectivity index (χ4n) is 3.71. The predicted molar refractivity (Wildman–Crippen MR) is 100 cm³/mol. The van der Waals surface area contributed by atoms with Crippen molar-refractivity contribution in [1.82, 2.24) is 20.5 Å². The molecule has 4 heterocycles. The normalized spacial score (nSPS) is 21.1. The minimum atomic E-state index is -0.370. The van der Waals surface area contributed by atoms with Gasteiger partial charge in [0.2, 0.25) is 5.88 Å². The maximum absolute atomic E-state index is 11.6. The Hall–Kier alpha value is -2.12. The third-order valence-corrected chi connectivity index (χ3v) is 5.49. The van der Waals surface area contributed by atoms with E-state index in [2.05, 4.69) is 32.6 Å². The molecule has 2 aliphatic rings. The molecule has 26 heavy (non-hydrogen) atoms. The Balaban J connectivity index is 1.42. The highest BCUT2D eigenvalue weighted by Gasteiger charge is 2.27. The number of hydrogen-bond donors (Lipinski definition) is 2. The van der Waals surface area contributed by atoms with Crippen molar-refractivity contribution >= 4 is 17.3 Å². The Bertz CT molecular complexity index is 821. The second kappa shape index (κ2) is 7.63. The van der Waals surface area contributed by atoms with E-state index in [9.17, 15) is 4.79 Å². The summed E-state index contributed by atoms with van der Waals surface area (Å²) in [5, 5.41) is 9.75. The number of rotatable bonds is 4. The Labute approximate surface area is 156 Å². The van der Waals surface area contributed by atoms with Crippen molar-refractivity contribution in [2.75, 3.05) is 31.1 Å². The smallest absolute Gasteiger partial charge is 0.285 e. The molecule has 7 nitrogen and oxygen atoms in total. The Morgan fingerprint density at radius 1 is 1.27 bits per heavy atom. The number of aromatic nitrogens is 3. The summed E-state index contributed by atoms with van der Waals surface area (Å²) in [5.74, 6) is 1.24. The van der Waals surface area contributed by atoms with E-state index in [1.165, 1.54) is 5.56 Å². The summed E-state index contributed by atoms with van der Waals surface area (Å²) < 4.78 is 6.11. The topological polar surface area (TPSA) is 83.1 Å². The Morgan fingerprint density at radius 3 is 2.96 bits per heavy atom. The molecule has 2 aromatic rings. The molecule has 0 saturated carbocycles. The number of hydrogen-bond acceptors (Lipinski definition) is 6. The summed E-state index contributed by atoms with van der Waals surface area (Å²) in [4.78, 5) is 18.0. The summed E-state index contributed by atoms with van der Waals surface area (Å²) >= 11 is 6.10. The molecule has 0 aliphatic carbocycles. The molecule has 2 N–H and O–H groups in total. The average Bonchev–Trinajstić information content (AvgIpc) is 3.13. The highest BCUT2D eigenvalue weighted by Crippen LogP contribution is 2.29. The van der Waals surface area contributed by atoms with E-state index in [-0.39, 0.29) is 16.7 Å². The first-order valence-electron chi connectivity index (χ1n) is 9.02. The van der Waals surface area contributed by atoms with Gasteiger partial charge in [-0.25, -0.2) is 10.1 Å². The molecule has 138 valence electrons. The number of nitrogens with one attached hydrogen (secondary N) is 2. The second-order valence-corrected chi connectivity index (χ2v) is 7.20. The van der Waals surface area contributed by atoms with Gasteiger partial charge in [0, 0.05) is 25.2 Å². The highest BCUT2D eigenvalue weighted by molar-refractivity contribution is 6.33. The molecule has 0 spiro atoms. The molecule has 0 unspecified atom stereocenters. The summed E-state index contributed by atoms with van der Waals surface area (Å²) in [6.07, 6.45) is 6.58. The molecular weight excluding hydrogens is 354 g/mol. The van der Waals surface area contributed by atoms with Crippen LogP contribution in [-0.2, 0) is 0 Å². The van der Waals surface area contributed by atoms with Gasteiger partial charge < -0.3 is 15.0 Å². The zero-order valence-corrected chi connectivity index (χ0v) is 15.2. The zero-order chi connectivity index (χ0) is 17.9. The van der Waals surface area contributed by atoms with Crippen LogP contribution in [-0.4, -0.2) is 47.5 Å². The highest BCUT2D eigenvalue weighted by atomic mass is 35.5. The van der Waals surface area contributed by atoms with Crippen molar-refractivity contribution in [2.24, 2.45) is 0 Å². The molecule has 0 radical (unpaired) electrons. The molecule has 2 fully saturated rings. The van der Waals surface area contributed by atoms with E-state index in [1.807, 2.05) is 11.1 Å². The van der Waals surface area contributed by atoms with Crippen LogP contribution < -0.4 is 20.5 Å². The average molecular weight is 376 g/mol. The lowest BCUT2D eigenvalue weighted by molar-refractivity contribution is 0.215. The van der Waals surface area contributed by atoms with E-state index in [0.29, 0.717) is 24.0 Å². The van der Waals surface area contributed by atoms with Crippen LogP contribution in [0.15, 0.2) is 29.3 Å². The van der Waals surface area contributed by atoms with Crippen LogP contribution in [0.4, 0.5) is 5.69 Å². The number of ether oxygens (including phenoxy) is 1. The lowest BCUT2D eigenvalue weighted by Gasteiger charge is -2.23. The fourth-order valence-corrected chi connectivity index (χ4v) is 3.92. The predicted octanol–water partition coefficient (Wildman–Crippen LogP) is 1.94. The molecule has 0 amide bonds. The number of halogens is 1. The SMILES string of the molecule is O=c1[nH]ncc(N2CC[C@@H](Oc3cc(C4CCNCC4)ccn3)C2)c1Cl. The molecule has 2 aromatic heterocycles. The van der Waals surface area contributed by atoms with Crippen molar-refractivity contribution in [1.29, 1.82) is 0 Å². The van der Waals surface area contributed by atoms with Gasteiger partial charge in [0.05, 0.1) is 18.4 Å². The van der Waals surface area contributed by atoms with Crippen LogP contribution in [0.3, 0.4) is 0 Å². The van der Waals surface area contributed by atoms with Gasteiger partial charge in [-0.3, -0.25) is 4.79 Å². The molecule has 2 saturated heterocycles. The summed E-state index contributed by atoms with van der Waals surface area (Å²) in [5.41, 5.74) is 1.58.